The van der Waals surface area contributed by atoms with E-state index in [4.69, 9.17) is 4.42 Å². The van der Waals surface area contributed by atoms with E-state index in [1.165, 1.54) is 21.9 Å². The molecule has 12 rings (SSSR count). The summed E-state index contributed by atoms with van der Waals surface area (Å²) in [7, 11) is 0. The molecule has 0 unspecified atom stereocenters. The summed E-state index contributed by atoms with van der Waals surface area (Å²) in [5.74, 6) is 0. The van der Waals surface area contributed by atoms with Gasteiger partial charge < -0.3 is 13.9 Å². The molecule has 2 heterocycles. The minimum atomic E-state index is 0.889. The van der Waals surface area contributed by atoms with E-state index in [1.54, 1.807) is 0 Å². The fourth-order valence-electron chi connectivity index (χ4n) is 9.56. The Morgan fingerprint density at radius 2 is 0.889 bits per heavy atom. The predicted octanol–water partition coefficient (Wildman–Crippen LogP) is 16.8. The lowest BCUT2D eigenvalue weighted by atomic mass is 9.92. The van der Waals surface area contributed by atoms with Crippen LogP contribution >= 0.6 is 0 Å². The lowest BCUT2D eigenvalue weighted by Gasteiger charge is -2.30. The van der Waals surface area contributed by atoms with Gasteiger partial charge in [-0.2, -0.15) is 0 Å². The van der Waals surface area contributed by atoms with E-state index in [-0.39, 0.29) is 0 Å². The van der Waals surface area contributed by atoms with Crippen LogP contribution in [0.1, 0.15) is 0 Å². The van der Waals surface area contributed by atoms with Crippen molar-refractivity contribution in [1.82, 2.24) is 4.57 Å². The molecule has 296 valence electrons. The molecule has 3 heteroatoms. The van der Waals surface area contributed by atoms with E-state index < -0.39 is 0 Å². The summed E-state index contributed by atoms with van der Waals surface area (Å²) in [6, 6.07) is 87.2. The van der Waals surface area contributed by atoms with Gasteiger partial charge in [0, 0.05) is 44.0 Å². The van der Waals surface area contributed by atoms with Gasteiger partial charge >= 0.3 is 0 Å². The maximum Gasteiger partial charge on any atom is 0.143 e. The molecule has 0 saturated carbocycles. The van der Waals surface area contributed by atoms with Gasteiger partial charge in [0.1, 0.15) is 11.2 Å². The molecule has 2 aromatic heterocycles. The van der Waals surface area contributed by atoms with Gasteiger partial charge in [-0.25, -0.2) is 0 Å². The van der Waals surface area contributed by atoms with Crippen LogP contribution in [0.2, 0.25) is 0 Å². The van der Waals surface area contributed by atoms with Crippen molar-refractivity contribution in [2.75, 3.05) is 4.90 Å². The van der Waals surface area contributed by atoms with E-state index in [2.05, 4.69) is 246 Å². The Kier molecular flexibility index (Phi) is 8.83. The molecule has 0 aliphatic rings. The van der Waals surface area contributed by atoms with Crippen molar-refractivity contribution in [3.05, 3.63) is 243 Å². The fraction of sp³-hybridized carbons (Fsp3) is 0. The maximum atomic E-state index is 6.66. The molecule has 0 amide bonds. The zero-order chi connectivity index (χ0) is 41.7. The van der Waals surface area contributed by atoms with Crippen LogP contribution in [0.25, 0.3) is 93.9 Å². The monoisotopic (exact) mass is 804 g/mol. The highest BCUT2D eigenvalue weighted by Crippen LogP contribution is 2.49. The molecular weight excluding hydrogens is 765 g/mol. The van der Waals surface area contributed by atoms with Crippen LogP contribution in [0.15, 0.2) is 247 Å². The molecule has 0 atom stereocenters. The first-order valence-electron chi connectivity index (χ1n) is 21.5. The van der Waals surface area contributed by atoms with Crippen molar-refractivity contribution >= 4 is 60.8 Å². The van der Waals surface area contributed by atoms with Crippen molar-refractivity contribution in [3.8, 4) is 50.2 Å². The minimum absolute atomic E-state index is 0.889. The lowest BCUT2D eigenvalue weighted by Crippen LogP contribution is -2.12. The Hall–Kier alpha value is -8.40. The number of anilines is 3. The zero-order valence-electron chi connectivity index (χ0n) is 34.4. The van der Waals surface area contributed by atoms with Crippen LogP contribution in [0.3, 0.4) is 0 Å². The van der Waals surface area contributed by atoms with Crippen molar-refractivity contribution in [3.63, 3.8) is 0 Å². The number of aromatic nitrogens is 1. The molecular formula is C60H40N2O. The van der Waals surface area contributed by atoms with E-state index in [0.29, 0.717) is 0 Å². The number of fused-ring (bicyclic) bond motifs is 6. The van der Waals surface area contributed by atoms with Gasteiger partial charge in [-0.3, -0.25) is 0 Å². The van der Waals surface area contributed by atoms with Crippen LogP contribution in [-0.4, -0.2) is 4.57 Å². The van der Waals surface area contributed by atoms with Crippen LogP contribution in [0, 0.1) is 0 Å². The van der Waals surface area contributed by atoms with Crippen LogP contribution < -0.4 is 4.90 Å². The average molecular weight is 805 g/mol. The van der Waals surface area contributed by atoms with E-state index >= 15 is 0 Å². The molecule has 0 aliphatic carbocycles. The van der Waals surface area contributed by atoms with E-state index in [1.807, 2.05) is 6.07 Å². The number of rotatable bonds is 8. The van der Waals surface area contributed by atoms with Crippen molar-refractivity contribution in [2.24, 2.45) is 0 Å². The SMILES string of the molecule is c1ccc(-c2ccc(-c3ccccc3N(c3ccc(-c4cccc5c4oc4ccccc45)c(-c4ccccc4)c3)c3cccc4c3c3ccccc3n4-c3ccccc3)cc2)cc1. The third-order valence-corrected chi connectivity index (χ3v) is 12.4. The fourth-order valence-corrected chi connectivity index (χ4v) is 9.56. The molecule has 0 aliphatic heterocycles. The molecule has 0 fully saturated rings. The van der Waals surface area contributed by atoms with Crippen molar-refractivity contribution in [1.29, 1.82) is 0 Å². The molecule has 12 aromatic rings. The quantitative estimate of drug-likeness (QED) is 0.153. The summed E-state index contributed by atoms with van der Waals surface area (Å²) >= 11 is 0. The van der Waals surface area contributed by atoms with Gasteiger partial charge in [0.15, 0.2) is 0 Å². The second kappa shape index (κ2) is 15.3. The summed E-state index contributed by atoms with van der Waals surface area (Å²) in [5, 5.41) is 4.61. The standard InChI is InChI=1S/C60H40N2O/c1-4-18-41(19-5-1)42-34-36-44(37-35-42)47-24-10-13-29-54(47)62(57-32-17-31-56-59(57)52-26-11-14-30-55(52)61(56)45-22-8-3-9-23-45)46-38-39-48(53(40-46)43-20-6-2-7-21-43)50-27-16-28-51-49-25-12-15-33-58(49)63-60(50)51/h1-40H. The number of furan rings is 1. The second-order valence-corrected chi connectivity index (χ2v) is 16.0. The van der Waals surface area contributed by atoms with Gasteiger partial charge in [0.25, 0.3) is 0 Å². The summed E-state index contributed by atoms with van der Waals surface area (Å²) in [4.78, 5) is 2.47. The Balaban J connectivity index is 1.13. The van der Waals surface area contributed by atoms with Gasteiger partial charge in [-0.05, 0) is 88.0 Å². The van der Waals surface area contributed by atoms with Crippen LogP contribution in [0.5, 0.6) is 0 Å². The van der Waals surface area contributed by atoms with Crippen LogP contribution in [-0.2, 0) is 0 Å². The molecule has 0 radical (unpaired) electrons. The summed E-state index contributed by atoms with van der Waals surface area (Å²) in [6.45, 7) is 0. The Bertz CT molecular complexity index is 3600. The Morgan fingerprint density at radius 1 is 0.333 bits per heavy atom. The molecule has 63 heavy (non-hydrogen) atoms. The Labute approximate surface area is 366 Å². The van der Waals surface area contributed by atoms with Gasteiger partial charge in [-0.15, -0.1) is 0 Å². The molecule has 10 aromatic carbocycles. The lowest BCUT2D eigenvalue weighted by molar-refractivity contribution is 0.670. The second-order valence-electron chi connectivity index (χ2n) is 16.0. The maximum absolute atomic E-state index is 6.66. The Morgan fingerprint density at radius 3 is 1.70 bits per heavy atom. The first-order valence-corrected chi connectivity index (χ1v) is 21.5. The number of hydrogen-bond acceptors (Lipinski definition) is 2. The third kappa shape index (κ3) is 6.21. The summed E-state index contributed by atoms with van der Waals surface area (Å²) < 4.78 is 9.06. The van der Waals surface area contributed by atoms with Crippen molar-refractivity contribution < 1.29 is 4.42 Å². The third-order valence-electron chi connectivity index (χ3n) is 12.4. The van der Waals surface area contributed by atoms with Gasteiger partial charge in [-0.1, -0.05) is 188 Å². The summed E-state index contributed by atoms with van der Waals surface area (Å²) in [6.07, 6.45) is 0. The predicted molar refractivity (Wildman–Crippen MR) is 264 cm³/mol. The topological polar surface area (TPSA) is 21.3 Å². The van der Waals surface area contributed by atoms with Gasteiger partial charge in [0.05, 0.1) is 22.4 Å². The van der Waals surface area contributed by atoms with E-state index in [0.717, 1.165) is 89.1 Å². The normalized spacial score (nSPS) is 11.5. The molecule has 3 nitrogen and oxygen atoms in total. The number of hydrogen-bond donors (Lipinski definition) is 0. The number of nitrogens with zero attached hydrogens (tertiary/aromatic N) is 2. The first kappa shape index (κ1) is 36.5. The zero-order valence-corrected chi connectivity index (χ0v) is 34.4. The van der Waals surface area contributed by atoms with E-state index in [9.17, 15) is 0 Å². The molecule has 0 saturated heterocycles. The highest BCUT2D eigenvalue weighted by molar-refractivity contribution is 6.17. The molecule has 0 N–H and O–H groups in total. The largest absolute Gasteiger partial charge is 0.455 e. The highest BCUT2D eigenvalue weighted by atomic mass is 16.3. The summed E-state index contributed by atoms with van der Waals surface area (Å²) in [5.41, 5.74) is 17.5. The first-order chi connectivity index (χ1) is 31.3. The average Bonchev–Trinajstić information content (AvgIpc) is 3.92. The number of para-hydroxylation sites is 5. The van der Waals surface area contributed by atoms with Crippen LogP contribution in [0.4, 0.5) is 17.1 Å². The molecule has 0 bridgehead atoms. The minimum Gasteiger partial charge on any atom is -0.455 e. The molecule has 0 spiro atoms. The van der Waals surface area contributed by atoms with Crippen molar-refractivity contribution in [2.45, 2.75) is 0 Å². The smallest absolute Gasteiger partial charge is 0.143 e. The van der Waals surface area contributed by atoms with Gasteiger partial charge in [0.2, 0.25) is 0 Å². The highest BCUT2D eigenvalue weighted by Gasteiger charge is 2.25. The number of benzene rings is 10.